The molecular weight excluding hydrogens is 637 g/mol. The summed E-state index contributed by atoms with van der Waals surface area (Å²) in [7, 11) is 0. The first-order valence-electron chi connectivity index (χ1n) is 19.0. The molecule has 266 valence electrons. The molecule has 0 aliphatic carbocycles. The topological polar surface area (TPSA) is 44.9 Å². The van der Waals surface area contributed by atoms with Crippen molar-refractivity contribution in [2.24, 2.45) is 11.3 Å². The van der Waals surface area contributed by atoms with Crippen LogP contribution in [-0.2, 0) is 6.42 Å². The average Bonchev–Trinajstić information content (AvgIpc) is 3.63. The number of nitrogens with zero attached hydrogens (tertiary/aromatic N) is 4. The molecule has 7 aromatic rings. The molecule has 2 unspecified atom stereocenters. The van der Waals surface area contributed by atoms with Crippen LogP contribution in [0.4, 0.5) is 0 Å². The molecule has 52 heavy (non-hydrogen) atoms. The number of benzene rings is 4. The summed E-state index contributed by atoms with van der Waals surface area (Å²) in [5, 5.41) is 7.38. The van der Waals surface area contributed by atoms with E-state index in [1.807, 2.05) is 29.1 Å². The summed E-state index contributed by atoms with van der Waals surface area (Å²) in [6, 6.07) is 36.6. The first-order chi connectivity index (χ1) is 25.0. The Morgan fingerprint density at radius 2 is 1.54 bits per heavy atom. The molecule has 5 nitrogen and oxygen atoms in total. The maximum atomic E-state index is 6.64. The molecule has 0 radical (unpaired) electrons. The minimum Gasteiger partial charge on any atom is -0.457 e. The van der Waals surface area contributed by atoms with Crippen LogP contribution in [-0.4, -0.2) is 19.3 Å². The van der Waals surface area contributed by atoms with E-state index >= 15 is 0 Å². The highest BCUT2D eigenvalue weighted by molar-refractivity contribution is 6.09. The number of hydrogen-bond donors (Lipinski definition) is 0. The van der Waals surface area contributed by atoms with E-state index in [9.17, 15) is 0 Å². The lowest BCUT2D eigenvalue weighted by atomic mass is 9.72. The van der Waals surface area contributed by atoms with E-state index in [2.05, 4.69) is 145 Å². The van der Waals surface area contributed by atoms with Gasteiger partial charge in [-0.2, -0.15) is 5.10 Å². The van der Waals surface area contributed by atoms with Crippen molar-refractivity contribution in [3.05, 3.63) is 132 Å². The summed E-state index contributed by atoms with van der Waals surface area (Å²) in [4.78, 5) is 4.94. The third-order valence-electron chi connectivity index (χ3n) is 11.2. The molecule has 3 heterocycles. The fourth-order valence-electron chi connectivity index (χ4n) is 7.70. The van der Waals surface area contributed by atoms with Crippen LogP contribution in [0.2, 0.25) is 0 Å². The van der Waals surface area contributed by atoms with Gasteiger partial charge in [-0.05, 0) is 109 Å². The van der Waals surface area contributed by atoms with Crippen molar-refractivity contribution in [3.63, 3.8) is 0 Å². The van der Waals surface area contributed by atoms with Gasteiger partial charge in [-0.15, -0.1) is 0 Å². The van der Waals surface area contributed by atoms with Gasteiger partial charge in [-0.3, -0.25) is 4.57 Å². The molecule has 0 aliphatic heterocycles. The van der Waals surface area contributed by atoms with E-state index in [-0.39, 0.29) is 5.41 Å². The third-order valence-corrected chi connectivity index (χ3v) is 11.2. The first-order valence-corrected chi connectivity index (χ1v) is 19.0. The fourth-order valence-corrected chi connectivity index (χ4v) is 7.70. The lowest BCUT2D eigenvalue weighted by molar-refractivity contribution is 0.228. The van der Waals surface area contributed by atoms with Gasteiger partial charge in [0.2, 0.25) is 0 Å². The maximum absolute atomic E-state index is 6.64. The molecule has 0 spiro atoms. The summed E-state index contributed by atoms with van der Waals surface area (Å²) in [5.41, 5.74) is 10.5. The normalized spacial score (nSPS) is 13.2. The molecule has 0 bridgehead atoms. The van der Waals surface area contributed by atoms with E-state index < -0.39 is 0 Å². The molecule has 0 N–H and O–H groups in total. The number of pyridine rings is 1. The highest BCUT2D eigenvalue weighted by Crippen LogP contribution is 2.41. The molecule has 0 saturated heterocycles. The Kier molecular flexibility index (Phi) is 9.80. The van der Waals surface area contributed by atoms with Crippen LogP contribution in [0.5, 0.6) is 11.5 Å². The van der Waals surface area contributed by atoms with Crippen LogP contribution in [0, 0.1) is 25.2 Å². The number of ether oxygens (including phenoxy) is 1. The molecule has 3 aromatic heterocycles. The van der Waals surface area contributed by atoms with Gasteiger partial charge in [-0.1, -0.05) is 96.8 Å². The van der Waals surface area contributed by atoms with Crippen LogP contribution < -0.4 is 4.74 Å². The summed E-state index contributed by atoms with van der Waals surface area (Å²) >= 11 is 0. The van der Waals surface area contributed by atoms with Gasteiger partial charge in [0.1, 0.15) is 17.3 Å². The highest BCUT2D eigenvalue weighted by Gasteiger charge is 2.27. The van der Waals surface area contributed by atoms with Crippen molar-refractivity contribution in [2.45, 2.75) is 87.0 Å². The number of rotatable bonds is 11. The largest absolute Gasteiger partial charge is 0.457 e. The average molecular weight is 689 g/mol. The smallest absolute Gasteiger partial charge is 0.137 e. The van der Waals surface area contributed by atoms with Crippen LogP contribution in [0.3, 0.4) is 0 Å². The second-order valence-corrected chi connectivity index (χ2v) is 15.6. The van der Waals surface area contributed by atoms with Crippen molar-refractivity contribution in [1.29, 1.82) is 0 Å². The predicted molar refractivity (Wildman–Crippen MR) is 217 cm³/mol. The summed E-state index contributed by atoms with van der Waals surface area (Å²) in [6.45, 7) is 18.2. The minimum absolute atomic E-state index is 0.215. The molecule has 5 heteroatoms. The zero-order valence-corrected chi connectivity index (χ0v) is 32.1. The Labute approximate surface area is 309 Å². The van der Waals surface area contributed by atoms with Crippen LogP contribution >= 0.6 is 0 Å². The lowest BCUT2D eigenvalue weighted by Gasteiger charge is -2.32. The standard InChI is InChI=1S/C47H52N4O/c1-9-10-12-16-35-25-26-48-45(27-35)50-43-24-21-37(31(2)32(3)47(6,7)8)28-42(43)41-23-22-40(30-44(41)50)52-39-20-15-19-38(29-39)51-34(5)46(33(4)49-51)36-17-13-11-14-18-36/h11,13-15,17-32H,9-10,12,16H2,1-8H3. The number of aryl methyl sites for hydroxylation is 2. The fraction of sp³-hybridized carbons (Fsp3) is 0.319. The van der Waals surface area contributed by atoms with Crippen molar-refractivity contribution < 1.29 is 4.74 Å². The molecule has 2 atom stereocenters. The van der Waals surface area contributed by atoms with Crippen molar-refractivity contribution in [2.75, 3.05) is 0 Å². The maximum Gasteiger partial charge on any atom is 0.137 e. The number of aromatic nitrogens is 4. The summed E-state index contributed by atoms with van der Waals surface area (Å²) in [6.07, 6.45) is 6.64. The molecule has 0 aliphatic rings. The lowest BCUT2D eigenvalue weighted by Crippen LogP contribution is -2.22. The van der Waals surface area contributed by atoms with Crippen molar-refractivity contribution in [3.8, 4) is 34.1 Å². The summed E-state index contributed by atoms with van der Waals surface area (Å²) < 4.78 is 11.0. The minimum atomic E-state index is 0.215. The SMILES string of the molecule is CCCCCc1ccnc(-n2c3ccc(C(C)C(C)C(C)(C)C)cc3c3ccc(Oc4cccc(-n5nc(C)c(-c6ccccc6)c5C)c4)cc32)c1. The predicted octanol–water partition coefficient (Wildman–Crippen LogP) is 13.0. The number of hydrogen-bond acceptors (Lipinski definition) is 3. The number of fused-ring (bicyclic) bond motifs is 3. The molecule has 0 fully saturated rings. The van der Waals surface area contributed by atoms with Crippen molar-refractivity contribution in [1.82, 2.24) is 19.3 Å². The molecule has 4 aromatic carbocycles. The number of unbranched alkanes of at least 4 members (excludes halogenated alkanes) is 2. The van der Waals surface area contributed by atoms with Gasteiger partial charge in [0.15, 0.2) is 0 Å². The Bertz CT molecular complexity index is 2340. The molecular formula is C47H52N4O. The monoisotopic (exact) mass is 688 g/mol. The van der Waals surface area contributed by atoms with Gasteiger partial charge < -0.3 is 4.74 Å². The van der Waals surface area contributed by atoms with E-state index in [0.717, 1.165) is 51.8 Å². The highest BCUT2D eigenvalue weighted by atomic mass is 16.5. The molecule has 0 saturated carbocycles. The Hall–Kier alpha value is -5.16. The van der Waals surface area contributed by atoms with Crippen LogP contribution in [0.15, 0.2) is 109 Å². The van der Waals surface area contributed by atoms with Gasteiger partial charge >= 0.3 is 0 Å². The van der Waals surface area contributed by atoms with Crippen molar-refractivity contribution >= 4 is 21.8 Å². The summed E-state index contributed by atoms with van der Waals surface area (Å²) in [5.74, 6) is 3.42. The third kappa shape index (κ3) is 6.89. The van der Waals surface area contributed by atoms with Crippen LogP contribution in [0.1, 0.15) is 89.2 Å². The zero-order valence-electron chi connectivity index (χ0n) is 32.1. The Morgan fingerprint density at radius 3 is 2.31 bits per heavy atom. The second kappa shape index (κ2) is 14.5. The molecule has 7 rings (SSSR count). The van der Waals surface area contributed by atoms with E-state index in [0.29, 0.717) is 11.8 Å². The molecule has 0 amide bonds. The van der Waals surface area contributed by atoms with E-state index in [1.165, 1.54) is 52.3 Å². The van der Waals surface area contributed by atoms with Gasteiger partial charge in [0.25, 0.3) is 0 Å². The van der Waals surface area contributed by atoms with Gasteiger partial charge in [0.05, 0.1) is 22.4 Å². The second-order valence-electron chi connectivity index (χ2n) is 15.6. The zero-order chi connectivity index (χ0) is 36.6. The van der Waals surface area contributed by atoms with Crippen LogP contribution in [0.25, 0.3) is 44.4 Å². The van der Waals surface area contributed by atoms with E-state index in [1.54, 1.807) is 0 Å². The Balaban J connectivity index is 1.30. The quantitative estimate of drug-likeness (QED) is 0.127. The van der Waals surface area contributed by atoms with Gasteiger partial charge in [0, 0.05) is 40.4 Å². The Morgan fingerprint density at radius 1 is 0.750 bits per heavy atom. The van der Waals surface area contributed by atoms with E-state index in [4.69, 9.17) is 14.8 Å². The first kappa shape index (κ1) is 35.3. The van der Waals surface area contributed by atoms with Gasteiger partial charge in [-0.25, -0.2) is 9.67 Å².